The number of amides is 1. The van der Waals surface area contributed by atoms with E-state index in [0.717, 1.165) is 19.4 Å². The van der Waals surface area contributed by atoms with Crippen molar-refractivity contribution in [1.29, 1.82) is 0 Å². The Balaban J connectivity index is 1.97. The lowest BCUT2D eigenvalue weighted by Gasteiger charge is -2.37. The Morgan fingerprint density at radius 3 is 2.58 bits per heavy atom. The molecule has 1 saturated carbocycles. The Bertz CT molecular complexity index is 342. The zero-order valence-electron chi connectivity index (χ0n) is 11.9. The van der Waals surface area contributed by atoms with E-state index in [1.165, 1.54) is 20.0 Å². The zero-order valence-corrected chi connectivity index (χ0v) is 11.9. The molecule has 1 aliphatic carbocycles. The summed E-state index contributed by atoms with van der Waals surface area (Å²) in [6.45, 7) is 3.23. The fraction of sp³-hybridized carbons (Fsp3) is 0.857. The summed E-state index contributed by atoms with van der Waals surface area (Å²) in [4.78, 5) is 25.6. The molecule has 0 bridgehead atoms. The molecular formula is C14H24N2O3. The average molecular weight is 268 g/mol. The van der Waals surface area contributed by atoms with E-state index < -0.39 is 0 Å². The molecule has 0 aromatic heterocycles. The quantitative estimate of drug-likeness (QED) is 0.754. The fourth-order valence-electron chi connectivity index (χ4n) is 2.72. The van der Waals surface area contributed by atoms with Crippen LogP contribution in [0.2, 0.25) is 0 Å². The number of esters is 1. The summed E-state index contributed by atoms with van der Waals surface area (Å²) in [5, 5.41) is 3.53. The van der Waals surface area contributed by atoms with Crippen LogP contribution in [-0.2, 0) is 14.3 Å². The number of piperidine rings is 1. The third-order valence-electron chi connectivity index (χ3n) is 3.85. The molecule has 0 spiro atoms. The van der Waals surface area contributed by atoms with Gasteiger partial charge in [0.15, 0.2) is 0 Å². The molecule has 1 saturated heterocycles. The van der Waals surface area contributed by atoms with E-state index >= 15 is 0 Å². The normalized spacial score (nSPS) is 27.2. The maximum atomic E-state index is 12.0. The Morgan fingerprint density at radius 2 is 2.00 bits per heavy atom. The number of hydrogen-bond donors (Lipinski definition) is 1. The van der Waals surface area contributed by atoms with Crippen LogP contribution in [0.25, 0.3) is 0 Å². The number of methoxy groups -OCH3 is 1. The van der Waals surface area contributed by atoms with Crippen molar-refractivity contribution in [2.24, 2.45) is 5.92 Å². The third-order valence-corrected chi connectivity index (χ3v) is 3.85. The maximum Gasteiger partial charge on any atom is 0.310 e. The van der Waals surface area contributed by atoms with Crippen LogP contribution in [0, 0.1) is 5.92 Å². The molecule has 1 amide bonds. The minimum Gasteiger partial charge on any atom is -0.469 e. The van der Waals surface area contributed by atoms with Gasteiger partial charge in [0.25, 0.3) is 0 Å². The number of rotatable bonds is 5. The van der Waals surface area contributed by atoms with E-state index in [-0.39, 0.29) is 23.8 Å². The van der Waals surface area contributed by atoms with Gasteiger partial charge in [-0.1, -0.05) is 6.92 Å². The number of nitrogens with zero attached hydrogens (tertiary/aromatic N) is 1. The predicted molar refractivity (Wildman–Crippen MR) is 71.6 cm³/mol. The lowest BCUT2D eigenvalue weighted by atomic mass is 9.93. The largest absolute Gasteiger partial charge is 0.469 e. The first-order valence-corrected chi connectivity index (χ1v) is 7.25. The molecule has 0 radical (unpaired) electrons. The molecule has 1 aliphatic heterocycles. The first-order chi connectivity index (χ1) is 9.13. The topological polar surface area (TPSA) is 58.6 Å². The first-order valence-electron chi connectivity index (χ1n) is 7.25. The van der Waals surface area contributed by atoms with Crippen LogP contribution in [0.4, 0.5) is 0 Å². The van der Waals surface area contributed by atoms with Crippen molar-refractivity contribution in [3.63, 3.8) is 0 Å². The van der Waals surface area contributed by atoms with Gasteiger partial charge in [0.05, 0.1) is 13.0 Å². The van der Waals surface area contributed by atoms with Crippen molar-refractivity contribution in [3.05, 3.63) is 0 Å². The van der Waals surface area contributed by atoms with Gasteiger partial charge >= 0.3 is 5.97 Å². The monoisotopic (exact) mass is 268 g/mol. The van der Waals surface area contributed by atoms with Crippen molar-refractivity contribution in [3.8, 4) is 0 Å². The number of carbonyl (C=O) groups is 2. The molecule has 2 aliphatic rings. The highest BCUT2D eigenvalue weighted by molar-refractivity contribution is 5.78. The second-order valence-electron chi connectivity index (χ2n) is 5.64. The van der Waals surface area contributed by atoms with Gasteiger partial charge in [-0.25, -0.2) is 0 Å². The Hall–Kier alpha value is -1.10. The molecule has 5 nitrogen and oxygen atoms in total. The van der Waals surface area contributed by atoms with Crippen molar-refractivity contribution in [1.82, 2.24) is 10.2 Å². The SMILES string of the molecule is CCCC(=O)N1CC(NC2CC2)CC(C(=O)OC)C1. The summed E-state index contributed by atoms with van der Waals surface area (Å²) in [6.07, 6.45) is 4.60. The summed E-state index contributed by atoms with van der Waals surface area (Å²) < 4.78 is 4.84. The van der Waals surface area contributed by atoms with Crippen molar-refractivity contribution < 1.29 is 14.3 Å². The Kier molecular flexibility index (Phi) is 4.80. The highest BCUT2D eigenvalue weighted by Crippen LogP contribution is 2.24. The van der Waals surface area contributed by atoms with Crippen LogP contribution < -0.4 is 5.32 Å². The average Bonchev–Trinajstić information content (AvgIpc) is 3.21. The fourth-order valence-corrected chi connectivity index (χ4v) is 2.72. The van der Waals surface area contributed by atoms with Crippen LogP contribution >= 0.6 is 0 Å². The zero-order chi connectivity index (χ0) is 13.8. The van der Waals surface area contributed by atoms with Gasteiger partial charge in [0.2, 0.25) is 5.91 Å². The molecule has 1 heterocycles. The summed E-state index contributed by atoms with van der Waals surface area (Å²) in [5.41, 5.74) is 0. The molecule has 2 atom stereocenters. The minimum absolute atomic E-state index is 0.152. The lowest BCUT2D eigenvalue weighted by Crippen LogP contribution is -2.53. The van der Waals surface area contributed by atoms with Crippen LogP contribution in [0.1, 0.15) is 39.0 Å². The molecule has 108 valence electrons. The van der Waals surface area contributed by atoms with Gasteiger partial charge in [-0.15, -0.1) is 0 Å². The van der Waals surface area contributed by atoms with Crippen molar-refractivity contribution >= 4 is 11.9 Å². The smallest absolute Gasteiger partial charge is 0.310 e. The number of likely N-dealkylation sites (tertiary alicyclic amines) is 1. The standard InChI is InChI=1S/C14H24N2O3/c1-3-4-13(17)16-8-10(14(18)19-2)7-12(9-16)15-11-5-6-11/h10-12,15H,3-9H2,1-2H3. The summed E-state index contributed by atoms with van der Waals surface area (Å²) in [7, 11) is 1.42. The van der Waals surface area contributed by atoms with Crippen LogP contribution in [0.15, 0.2) is 0 Å². The third kappa shape index (κ3) is 3.93. The van der Waals surface area contributed by atoms with Crippen LogP contribution in [0.5, 0.6) is 0 Å². The molecule has 5 heteroatoms. The summed E-state index contributed by atoms with van der Waals surface area (Å²) >= 11 is 0. The number of hydrogen-bond acceptors (Lipinski definition) is 4. The summed E-state index contributed by atoms with van der Waals surface area (Å²) in [5.74, 6) is -0.230. The van der Waals surface area contributed by atoms with Crippen LogP contribution in [0.3, 0.4) is 0 Å². The van der Waals surface area contributed by atoms with Crippen molar-refractivity contribution in [2.75, 3.05) is 20.2 Å². The number of carbonyl (C=O) groups excluding carboxylic acids is 2. The molecule has 2 fully saturated rings. The Labute approximate surface area is 114 Å². The molecule has 0 aromatic rings. The molecule has 1 N–H and O–H groups in total. The van der Waals surface area contributed by atoms with E-state index in [2.05, 4.69) is 5.32 Å². The highest BCUT2D eigenvalue weighted by atomic mass is 16.5. The predicted octanol–water partition coefficient (Wildman–Crippen LogP) is 0.929. The summed E-state index contributed by atoms with van der Waals surface area (Å²) in [6, 6.07) is 0.815. The first kappa shape index (κ1) is 14.3. The molecular weight excluding hydrogens is 244 g/mol. The van der Waals surface area contributed by atoms with Gasteiger partial charge in [0.1, 0.15) is 0 Å². The van der Waals surface area contributed by atoms with Gasteiger partial charge in [-0.2, -0.15) is 0 Å². The molecule has 2 rings (SSSR count). The highest BCUT2D eigenvalue weighted by Gasteiger charge is 2.36. The van der Waals surface area contributed by atoms with E-state index in [9.17, 15) is 9.59 Å². The van der Waals surface area contributed by atoms with Crippen LogP contribution in [-0.4, -0.2) is 49.1 Å². The van der Waals surface area contributed by atoms with E-state index in [0.29, 0.717) is 19.0 Å². The Morgan fingerprint density at radius 1 is 1.26 bits per heavy atom. The van der Waals surface area contributed by atoms with E-state index in [1.807, 2.05) is 11.8 Å². The van der Waals surface area contributed by atoms with E-state index in [4.69, 9.17) is 4.74 Å². The van der Waals surface area contributed by atoms with Gasteiger partial charge < -0.3 is 15.0 Å². The maximum absolute atomic E-state index is 12.0. The second kappa shape index (κ2) is 6.37. The van der Waals surface area contributed by atoms with E-state index in [1.54, 1.807) is 0 Å². The van der Waals surface area contributed by atoms with Gasteiger partial charge in [-0.3, -0.25) is 9.59 Å². The lowest BCUT2D eigenvalue weighted by molar-refractivity contribution is -0.149. The molecule has 0 aromatic carbocycles. The van der Waals surface area contributed by atoms with Gasteiger partial charge in [-0.05, 0) is 25.7 Å². The molecule has 19 heavy (non-hydrogen) atoms. The van der Waals surface area contributed by atoms with Gasteiger partial charge in [0, 0.05) is 31.6 Å². The number of nitrogens with one attached hydrogen (secondary N) is 1. The minimum atomic E-state index is -0.198. The second-order valence-corrected chi connectivity index (χ2v) is 5.64. The van der Waals surface area contributed by atoms with Crippen molar-refractivity contribution in [2.45, 2.75) is 51.1 Å². The molecule has 2 unspecified atom stereocenters. The number of ether oxygens (including phenoxy) is 1.